The lowest BCUT2D eigenvalue weighted by Gasteiger charge is -2.20. The van der Waals surface area contributed by atoms with Gasteiger partial charge in [-0.2, -0.15) is 0 Å². The number of nitrogen functional groups attached to an aromatic ring is 1. The number of hydrogen-bond acceptors (Lipinski definition) is 4. The Morgan fingerprint density at radius 2 is 1.86 bits per heavy atom. The fraction of sp³-hybridized carbons (Fsp3) is 0.250. The van der Waals surface area contributed by atoms with Crippen LogP contribution in [0.25, 0.3) is 0 Å². The Labute approximate surface area is 122 Å². The largest absolute Gasteiger partial charge is 0.488 e. The fourth-order valence-electron chi connectivity index (χ4n) is 2.16. The zero-order chi connectivity index (χ0) is 14.8. The van der Waals surface area contributed by atoms with Crippen molar-refractivity contribution in [2.75, 3.05) is 18.9 Å². The third-order valence-corrected chi connectivity index (χ3v) is 3.34. The molecule has 3 rings (SSSR count). The van der Waals surface area contributed by atoms with Crippen molar-refractivity contribution in [1.29, 1.82) is 0 Å². The highest BCUT2D eigenvalue weighted by atomic mass is 19.1. The van der Waals surface area contributed by atoms with E-state index in [0.717, 1.165) is 11.1 Å². The van der Waals surface area contributed by atoms with E-state index in [4.69, 9.17) is 19.9 Å². The average molecular weight is 289 g/mol. The van der Waals surface area contributed by atoms with Crippen molar-refractivity contribution in [1.82, 2.24) is 0 Å². The Morgan fingerprint density at radius 3 is 2.62 bits per heavy atom. The summed E-state index contributed by atoms with van der Waals surface area (Å²) in [5, 5.41) is 0. The third-order valence-electron chi connectivity index (χ3n) is 3.34. The molecule has 1 aliphatic heterocycles. The Balaban J connectivity index is 1.80. The minimum atomic E-state index is -0.328. The Kier molecular flexibility index (Phi) is 3.56. The number of benzene rings is 2. The molecule has 0 aromatic heterocycles. The second-order valence-corrected chi connectivity index (χ2v) is 4.89. The van der Waals surface area contributed by atoms with E-state index in [1.807, 2.05) is 6.92 Å². The molecule has 0 fully saturated rings. The fourth-order valence-corrected chi connectivity index (χ4v) is 2.16. The van der Waals surface area contributed by atoms with Gasteiger partial charge < -0.3 is 19.9 Å². The first-order valence-electron chi connectivity index (χ1n) is 6.70. The number of nitrogens with two attached hydrogens (primary N) is 1. The van der Waals surface area contributed by atoms with Crippen LogP contribution in [0.5, 0.6) is 17.2 Å². The summed E-state index contributed by atoms with van der Waals surface area (Å²) in [6.07, 6.45) is 0. The van der Waals surface area contributed by atoms with Gasteiger partial charge in [-0.3, -0.25) is 0 Å². The number of rotatable bonds is 3. The van der Waals surface area contributed by atoms with Gasteiger partial charge in [0.05, 0.1) is 0 Å². The number of aryl methyl sites for hydroxylation is 1. The molecule has 0 unspecified atom stereocenters. The lowest BCUT2D eigenvalue weighted by Crippen LogP contribution is -2.16. The molecule has 0 spiro atoms. The number of anilines is 1. The molecule has 1 heterocycles. The molecule has 4 nitrogen and oxygen atoms in total. The van der Waals surface area contributed by atoms with Crippen LogP contribution >= 0.6 is 0 Å². The van der Waals surface area contributed by atoms with E-state index >= 15 is 0 Å². The van der Waals surface area contributed by atoms with Gasteiger partial charge in [-0.1, -0.05) is 6.07 Å². The number of ether oxygens (including phenoxy) is 3. The molecule has 2 aromatic carbocycles. The molecule has 0 atom stereocenters. The van der Waals surface area contributed by atoms with Crippen LogP contribution in [-0.4, -0.2) is 13.2 Å². The number of hydrogen-bond donors (Lipinski definition) is 1. The van der Waals surface area contributed by atoms with Crippen molar-refractivity contribution < 1.29 is 18.6 Å². The minimum absolute atomic E-state index is 0.243. The molecule has 0 amide bonds. The normalized spacial score (nSPS) is 13.0. The van der Waals surface area contributed by atoms with Crippen LogP contribution in [0.4, 0.5) is 10.1 Å². The van der Waals surface area contributed by atoms with Crippen LogP contribution in [0, 0.1) is 12.7 Å². The summed E-state index contributed by atoms with van der Waals surface area (Å²) in [6.45, 7) is 3.14. The second-order valence-electron chi connectivity index (χ2n) is 4.89. The van der Waals surface area contributed by atoms with Gasteiger partial charge in [-0.15, -0.1) is 0 Å². The standard InChI is InChI=1S/C16H16FNO3/c1-10-2-3-12(17)7-14(10)21-9-11-6-15-16(8-13(11)18)20-5-4-19-15/h2-3,6-8H,4-5,9,18H2,1H3. The van der Waals surface area contributed by atoms with E-state index in [1.54, 1.807) is 18.2 Å². The smallest absolute Gasteiger partial charge is 0.163 e. The summed E-state index contributed by atoms with van der Waals surface area (Å²) in [4.78, 5) is 0. The Morgan fingerprint density at radius 1 is 1.14 bits per heavy atom. The van der Waals surface area contributed by atoms with Crippen LogP contribution < -0.4 is 19.9 Å². The molecule has 110 valence electrons. The summed E-state index contributed by atoms with van der Waals surface area (Å²) in [5.74, 6) is 1.48. The molecular weight excluding hydrogens is 273 g/mol. The first-order chi connectivity index (χ1) is 10.1. The van der Waals surface area contributed by atoms with Gasteiger partial charge in [-0.05, 0) is 24.6 Å². The first kappa shape index (κ1) is 13.5. The van der Waals surface area contributed by atoms with Gasteiger partial charge in [0.25, 0.3) is 0 Å². The molecule has 0 aliphatic carbocycles. The van der Waals surface area contributed by atoms with E-state index < -0.39 is 0 Å². The summed E-state index contributed by atoms with van der Waals surface area (Å²) >= 11 is 0. The molecule has 5 heteroatoms. The zero-order valence-electron chi connectivity index (χ0n) is 11.7. The Bertz CT molecular complexity index is 673. The van der Waals surface area contributed by atoms with E-state index in [-0.39, 0.29) is 12.4 Å². The van der Waals surface area contributed by atoms with Crippen LogP contribution in [0.1, 0.15) is 11.1 Å². The summed E-state index contributed by atoms with van der Waals surface area (Å²) in [7, 11) is 0. The molecule has 0 radical (unpaired) electrons. The van der Waals surface area contributed by atoms with E-state index in [9.17, 15) is 4.39 Å². The molecule has 0 saturated carbocycles. The maximum absolute atomic E-state index is 13.2. The van der Waals surface area contributed by atoms with E-state index in [0.29, 0.717) is 36.1 Å². The van der Waals surface area contributed by atoms with Crippen molar-refractivity contribution in [3.63, 3.8) is 0 Å². The van der Waals surface area contributed by atoms with Crippen molar-refractivity contribution >= 4 is 5.69 Å². The van der Waals surface area contributed by atoms with Crippen LogP contribution in [0.2, 0.25) is 0 Å². The first-order valence-corrected chi connectivity index (χ1v) is 6.70. The highest BCUT2D eigenvalue weighted by molar-refractivity contribution is 5.58. The van der Waals surface area contributed by atoms with Crippen LogP contribution in [0.3, 0.4) is 0 Å². The molecule has 21 heavy (non-hydrogen) atoms. The SMILES string of the molecule is Cc1ccc(F)cc1OCc1cc2c(cc1N)OCCO2. The van der Waals surface area contributed by atoms with Gasteiger partial charge in [0.1, 0.15) is 31.4 Å². The van der Waals surface area contributed by atoms with Gasteiger partial charge in [0.2, 0.25) is 0 Å². The maximum Gasteiger partial charge on any atom is 0.163 e. The topological polar surface area (TPSA) is 53.7 Å². The second kappa shape index (κ2) is 5.52. The van der Waals surface area contributed by atoms with Crippen LogP contribution in [0.15, 0.2) is 30.3 Å². The molecule has 0 bridgehead atoms. The summed E-state index contributed by atoms with van der Waals surface area (Å²) in [5.41, 5.74) is 8.20. The lowest BCUT2D eigenvalue weighted by atomic mass is 10.1. The predicted molar refractivity (Wildman–Crippen MR) is 77.3 cm³/mol. The molecular formula is C16H16FNO3. The minimum Gasteiger partial charge on any atom is -0.488 e. The highest BCUT2D eigenvalue weighted by Gasteiger charge is 2.15. The average Bonchev–Trinajstić information content (AvgIpc) is 2.48. The summed E-state index contributed by atoms with van der Waals surface area (Å²) in [6, 6.07) is 7.98. The van der Waals surface area contributed by atoms with Crippen LogP contribution in [-0.2, 0) is 6.61 Å². The number of fused-ring (bicyclic) bond motifs is 1. The van der Waals surface area contributed by atoms with Crippen molar-refractivity contribution in [2.24, 2.45) is 0 Å². The van der Waals surface area contributed by atoms with Crippen molar-refractivity contribution in [3.8, 4) is 17.2 Å². The van der Waals surface area contributed by atoms with Crippen molar-refractivity contribution in [3.05, 3.63) is 47.3 Å². The monoisotopic (exact) mass is 289 g/mol. The lowest BCUT2D eigenvalue weighted by molar-refractivity contribution is 0.171. The van der Waals surface area contributed by atoms with Gasteiger partial charge in [-0.25, -0.2) is 4.39 Å². The van der Waals surface area contributed by atoms with Gasteiger partial charge >= 0.3 is 0 Å². The highest BCUT2D eigenvalue weighted by Crippen LogP contribution is 2.35. The summed E-state index contributed by atoms with van der Waals surface area (Å²) < 4.78 is 29.9. The van der Waals surface area contributed by atoms with E-state index in [2.05, 4.69) is 0 Å². The van der Waals surface area contributed by atoms with Crippen molar-refractivity contribution in [2.45, 2.75) is 13.5 Å². The number of halogens is 1. The molecule has 0 saturated heterocycles. The maximum atomic E-state index is 13.2. The predicted octanol–water partition coefficient (Wildman–Crippen LogP) is 3.07. The zero-order valence-corrected chi connectivity index (χ0v) is 11.7. The Hall–Kier alpha value is -2.43. The molecule has 2 aromatic rings. The molecule has 1 aliphatic rings. The van der Waals surface area contributed by atoms with Gasteiger partial charge in [0, 0.05) is 23.4 Å². The van der Waals surface area contributed by atoms with Gasteiger partial charge in [0.15, 0.2) is 11.5 Å². The third kappa shape index (κ3) is 2.86. The quantitative estimate of drug-likeness (QED) is 0.882. The molecule has 2 N–H and O–H groups in total. The van der Waals surface area contributed by atoms with E-state index in [1.165, 1.54) is 12.1 Å².